The number of aliphatic hydroxyl groups excluding tert-OH is 1. The Kier molecular flexibility index (Phi) is 7.50. The van der Waals surface area contributed by atoms with Gasteiger partial charge in [0.05, 0.1) is 6.61 Å². The van der Waals surface area contributed by atoms with Crippen molar-refractivity contribution in [1.29, 1.82) is 0 Å². The number of carbonyl (C=O) groups excluding carboxylic acids is 1. The van der Waals surface area contributed by atoms with Crippen LogP contribution in [0.25, 0.3) is 0 Å². The molecule has 2 N–H and O–H groups in total. The van der Waals surface area contributed by atoms with E-state index in [0.29, 0.717) is 25.3 Å². The molecule has 112 valence electrons. The van der Waals surface area contributed by atoms with E-state index in [4.69, 9.17) is 14.6 Å². The number of nitrogens with one attached hydrogen (secondary N) is 1. The minimum atomic E-state index is -0.163. The Morgan fingerprint density at radius 1 is 1.25 bits per heavy atom. The second-order valence-electron chi connectivity index (χ2n) is 4.61. The quantitative estimate of drug-likeness (QED) is 0.721. The highest BCUT2D eigenvalue weighted by atomic mass is 16.5. The van der Waals surface area contributed by atoms with Gasteiger partial charge in [0.25, 0.3) is 5.91 Å². The Morgan fingerprint density at radius 3 is 2.40 bits per heavy atom. The molecule has 0 fully saturated rings. The summed E-state index contributed by atoms with van der Waals surface area (Å²) in [6, 6.07) is 7.15. The van der Waals surface area contributed by atoms with Crippen molar-refractivity contribution in [3.63, 3.8) is 0 Å². The Labute approximate surface area is 119 Å². The van der Waals surface area contributed by atoms with E-state index in [1.54, 1.807) is 24.3 Å². The lowest BCUT2D eigenvalue weighted by Crippen LogP contribution is -2.32. The monoisotopic (exact) mass is 281 g/mol. The molecule has 1 rings (SSSR count). The van der Waals surface area contributed by atoms with Gasteiger partial charge in [-0.05, 0) is 43.5 Å². The number of aliphatic hydroxyl groups is 1. The molecule has 0 aliphatic rings. The van der Waals surface area contributed by atoms with Crippen molar-refractivity contribution in [2.24, 2.45) is 5.92 Å². The van der Waals surface area contributed by atoms with Gasteiger partial charge in [0.2, 0.25) is 0 Å². The number of carbonyl (C=O) groups is 1. The summed E-state index contributed by atoms with van der Waals surface area (Å²) in [7, 11) is 0. The first-order valence-corrected chi connectivity index (χ1v) is 6.89. The number of amides is 1. The van der Waals surface area contributed by atoms with Crippen molar-refractivity contribution >= 4 is 5.91 Å². The molecule has 1 aromatic carbocycles. The normalized spacial score (nSPS) is 11.8. The summed E-state index contributed by atoms with van der Waals surface area (Å²) >= 11 is 0. The van der Waals surface area contributed by atoms with Crippen LogP contribution in [0, 0.1) is 5.92 Å². The molecule has 20 heavy (non-hydrogen) atoms. The van der Waals surface area contributed by atoms with Crippen LogP contribution in [0.3, 0.4) is 0 Å². The minimum absolute atomic E-state index is 0.0141. The molecule has 1 aromatic rings. The molecule has 0 aliphatic heterocycles. The highest BCUT2D eigenvalue weighted by Gasteiger charge is 2.06. The summed E-state index contributed by atoms with van der Waals surface area (Å²) < 4.78 is 10.7. The van der Waals surface area contributed by atoms with Gasteiger partial charge >= 0.3 is 0 Å². The first kappa shape index (κ1) is 16.3. The Hall–Kier alpha value is -1.75. The van der Waals surface area contributed by atoms with Gasteiger partial charge in [-0.3, -0.25) is 4.79 Å². The first-order valence-electron chi connectivity index (χ1n) is 6.89. The lowest BCUT2D eigenvalue weighted by atomic mass is 10.1. The van der Waals surface area contributed by atoms with E-state index < -0.39 is 0 Å². The predicted octanol–water partition coefficient (Wildman–Crippen LogP) is 1.60. The van der Waals surface area contributed by atoms with Gasteiger partial charge in [-0.15, -0.1) is 0 Å². The van der Waals surface area contributed by atoms with Crippen molar-refractivity contribution in [2.75, 3.05) is 26.4 Å². The fraction of sp³-hybridized carbons (Fsp3) is 0.533. The molecular formula is C15H23NO4. The molecule has 1 amide bonds. The molecule has 5 nitrogen and oxygen atoms in total. The molecule has 5 heteroatoms. The van der Waals surface area contributed by atoms with Crippen LogP contribution in [0.5, 0.6) is 11.5 Å². The van der Waals surface area contributed by atoms with Gasteiger partial charge in [-0.25, -0.2) is 0 Å². The van der Waals surface area contributed by atoms with E-state index in [9.17, 15) is 4.79 Å². The third-order valence-corrected chi connectivity index (χ3v) is 2.77. The zero-order chi connectivity index (χ0) is 14.8. The Balaban J connectivity index is 2.26. The molecule has 0 bridgehead atoms. The van der Waals surface area contributed by atoms with E-state index in [0.717, 1.165) is 5.75 Å². The number of hydrogen-bond acceptors (Lipinski definition) is 4. The fourth-order valence-electron chi connectivity index (χ4n) is 1.61. The number of benzene rings is 1. The third kappa shape index (κ3) is 6.43. The maximum absolute atomic E-state index is 11.6. The average molecular weight is 281 g/mol. The van der Waals surface area contributed by atoms with E-state index in [1.807, 2.05) is 13.8 Å². The van der Waals surface area contributed by atoms with E-state index in [2.05, 4.69) is 5.32 Å². The van der Waals surface area contributed by atoms with Crippen molar-refractivity contribution < 1.29 is 19.4 Å². The highest BCUT2D eigenvalue weighted by Crippen LogP contribution is 2.17. The maximum atomic E-state index is 11.6. The van der Waals surface area contributed by atoms with Crippen LogP contribution in [0.1, 0.15) is 20.3 Å². The van der Waals surface area contributed by atoms with E-state index in [-0.39, 0.29) is 25.0 Å². The van der Waals surface area contributed by atoms with Crippen LogP contribution < -0.4 is 14.8 Å². The van der Waals surface area contributed by atoms with Crippen LogP contribution in [0.2, 0.25) is 0 Å². The molecule has 0 saturated heterocycles. The van der Waals surface area contributed by atoms with E-state index in [1.165, 1.54) is 0 Å². The number of ether oxygens (including phenoxy) is 2. The topological polar surface area (TPSA) is 67.8 Å². The SMILES string of the molecule is CCOc1ccc(OCC(=O)NCC(C)CCO)cc1. The highest BCUT2D eigenvalue weighted by molar-refractivity contribution is 5.77. The van der Waals surface area contributed by atoms with Crippen LogP contribution in [0.4, 0.5) is 0 Å². The van der Waals surface area contributed by atoms with Crippen LogP contribution in [0.15, 0.2) is 24.3 Å². The predicted molar refractivity (Wildman–Crippen MR) is 77.0 cm³/mol. The Morgan fingerprint density at radius 2 is 1.85 bits per heavy atom. The molecule has 1 atom stereocenters. The van der Waals surface area contributed by atoms with Gasteiger partial charge in [0.15, 0.2) is 6.61 Å². The number of rotatable bonds is 9. The molecular weight excluding hydrogens is 258 g/mol. The Bertz CT molecular complexity index is 391. The smallest absolute Gasteiger partial charge is 0.257 e. The molecule has 0 heterocycles. The summed E-state index contributed by atoms with van der Waals surface area (Å²) in [6.07, 6.45) is 0.681. The zero-order valence-corrected chi connectivity index (χ0v) is 12.1. The largest absolute Gasteiger partial charge is 0.494 e. The molecule has 0 aromatic heterocycles. The van der Waals surface area contributed by atoms with E-state index >= 15 is 0 Å². The molecule has 1 unspecified atom stereocenters. The van der Waals surface area contributed by atoms with Gasteiger partial charge < -0.3 is 19.9 Å². The maximum Gasteiger partial charge on any atom is 0.257 e. The standard InChI is InChI=1S/C15H23NO4/c1-3-19-13-4-6-14(7-5-13)20-11-15(18)16-10-12(2)8-9-17/h4-7,12,17H,3,8-11H2,1-2H3,(H,16,18). The van der Waals surface area contributed by atoms with Crippen molar-refractivity contribution in [1.82, 2.24) is 5.32 Å². The molecule has 0 spiro atoms. The first-order chi connectivity index (χ1) is 9.65. The van der Waals surface area contributed by atoms with Gasteiger partial charge in [0.1, 0.15) is 11.5 Å². The fourth-order valence-corrected chi connectivity index (χ4v) is 1.61. The molecule has 0 radical (unpaired) electrons. The van der Waals surface area contributed by atoms with Gasteiger partial charge in [-0.1, -0.05) is 6.92 Å². The van der Waals surface area contributed by atoms with Gasteiger partial charge in [0, 0.05) is 13.2 Å². The second kappa shape index (κ2) is 9.20. The lowest BCUT2D eigenvalue weighted by molar-refractivity contribution is -0.123. The zero-order valence-electron chi connectivity index (χ0n) is 12.1. The van der Waals surface area contributed by atoms with Crippen LogP contribution in [-0.2, 0) is 4.79 Å². The summed E-state index contributed by atoms with van der Waals surface area (Å²) in [4.78, 5) is 11.6. The minimum Gasteiger partial charge on any atom is -0.494 e. The summed E-state index contributed by atoms with van der Waals surface area (Å²) in [5.41, 5.74) is 0. The molecule has 0 aliphatic carbocycles. The van der Waals surface area contributed by atoms with Gasteiger partial charge in [-0.2, -0.15) is 0 Å². The second-order valence-corrected chi connectivity index (χ2v) is 4.61. The van der Waals surface area contributed by atoms with Crippen molar-refractivity contribution in [3.8, 4) is 11.5 Å². The average Bonchev–Trinajstić information content (AvgIpc) is 2.45. The molecule has 0 saturated carbocycles. The van der Waals surface area contributed by atoms with Crippen molar-refractivity contribution in [3.05, 3.63) is 24.3 Å². The summed E-state index contributed by atoms with van der Waals surface area (Å²) in [6.45, 7) is 5.19. The number of hydrogen-bond donors (Lipinski definition) is 2. The van der Waals surface area contributed by atoms with Crippen LogP contribution in [-0.4, -0.2) is 37.4 Å². The third-order valence-electron chi connectivity index (χ3n) is 2.77. The summed E-state index contributed by atoms with van der Waals surface area (Å²) in [5.74, 6) is 1.51. The summed E-state index contributed by atoms with van der Waals surface area (Å²) in [5, 5.41) is 11.5. The van der Waals surface area contributed by atoms with Crippen LogP contribution >= 0.6 is 0 Å². The lowest BCUT2D eigenvalue weighted by Gasteiger charge is -2.12. The van der Waals surface area contributed by atoms with Crippen molar-refractivity contribution in [2.45, 2.75) is 20.3 Å².